The molecule has 1 heterocycles. The van der Waals surface area contributed by atoms with Crippen molar-refractivity contribution >= 4 is 38.4 Å². The molecule has 0 spiro atoms. The summed E-state index contributed by atoms with van der Waals surface area (Å²) in [5, 5.41) is 11.0. The van der Waals surface area contributed by atoms with Crippen LogP contribution in [0.5, 0.6) is 0 Å². The Morgan fingerprint density at radius 1 is 1.26 bits per heavy atom. The van der Waals surface area contributed by atoms with E-state index in [2.05, 4.69) is 4.98 Å². The van der Waals surface area contributed by atoms with Crippen molar-refractivity contribution in [2.45, 2.75) is 25.0 Å². The molecular formula is C19H21N5O6S. The first kappa shape index (κ1) is 22.2. The number of aromatic nitrogens is 2. The Kier molecular flexibility index (Phi) is 5.95. The summed E-state index contributed by atoms with van der Waals surface area (Å²) >= 11 is 0. The highest BCUT2D eigenvalue weighted by Gasteiger charge is 2.21. The van der Waals surface area contributed by atoms with Gasteiger partial charge in [0.05, 0.1) is 26.4 Å². The van der Waals surface area contributed by atoms with Gasteiger partial charge < -0.3 is 15.0 Å². The summed E-state index contributed by atoms with van der Waals surface area (Å²) in [4.78, 5) is 27.2. The number of sulfonamides is 1. The SMILES string of the molecule is CCn1c(COC(=O)c2ccc(N)c([N+](=O)[O-])c2)nc2cc(S(=O)(=O)N(C)C)ccc21. The number of ether oxygens (including phenoxy) is 1. The number of carbonyl (C=O) groups is 1. The van der Waals surface area contributed by atoms with Crippen LogP contribution in [0.15, 0.2) is 41.3 Å². The van der Waals surface area contributed by atoms with Crippen molar-refractivity contribution in [3.05, 3.63) is 57.9 Å². The second-order valence-electron chi connectivity index (χ2n) is 6.82. The Bertz CT molecular complexity index is 1280. The quantitative estimate of drug-likeness (QED) is 0.250. The second-order valence-corrected chi connectivity index (χ2v) is 8.97. The molecule has 2 N–H and O–H groups in total. The molecule has 0 fully saturated rings. The summed E-state index contributed by atoms with van der Waals surface area (Å²) in [6.07, 6.45) is 0. The van der Waals surface area contributed by atoms with Crippen LogP contribution in [-0.2, 0) is 27.9 Å². The lowest BCUT2D eigenvalue weighted by molar-refractivity contribution is -0.383. The molecule has 0 aliphatic rings. The largest absolute Gasteiger partial charge is 0.454 e. The number of imidazole rings is 1. The van der Waals surface area contributed by atoms with Gasteiger partial charge in [0.25, 0.3) is 5.69 Å². The van der Waals surface area contributed by atoms with Gasteiger partial charge in [-0.05, 0) is 37.3 Å². The van der Waals surface area contributed by atoms with Gasteiger partial charge in [-0.15, -0.1) is 0 Å². The summed E-state index contributed by atoms with van der Waals surface area (Å²) in [5.74, 6) is -0.358. The third kappa shape index (κ3) is 4.20. The number of hydrogen-bond acceptors (Lipinski definition) is 8. The van der Waals surface area contributed by atoms with Crippen molar-refractivity contribution in [1.82, 2.24) is 13.9 Å². The second kappa shape index (κ2) is 8.32. The van der Waals surface area contributed by atoms with Gasteiger partial charge in [-0.3, -0.25) is 10.1 Å². The van der Waals surface area contributed by atoms with E-state index in [0.29, 0.717) is 23.4 Å². The smallest absolute Gasteiger partial charge is 0.338 e. The zero-order valence-corrected chi connectivity index (χ0v) is 17.9. The number of nitrogens with zero attached hydrogens (tertiary/aromatic N) is 4. The molecule has 0 bridgehead atoms. The standard InChI is InChI=1S/C19H21N5O6S/c1-4-23-16-8-6-13(31(28,29)22(2)3)10-15(16)21-18(23)11-30-19(25)12-5-7-14(20)17(9-12)24(26)27/h5-10H,4,11,20H2,1-3H3. The van der Waals surface area contributed by atoms with E-state index in [9.17, 15) is 23.3 Å². The number of fused-ring (bicyclic) bond motifs is 1. The van der Waals surface area contributed by atoms with Gasteiger partial charge in [0.1, 0.15) is 18.1 Å². The van der Waals surface area contributed by atoms with Crippen LogP contribution < -0.4 is 5.73 Å². The fourth-order valence-electron chi connectivity index (χ4n) is 3.04. The number of nitro benzene ring substituents is 1. The number of hydrogen-bond donors (Lipinski definition) is 1. The molecule has 164 valence electrons. The molecule has 0 aliphatic heterocycles. The number of nitrogens with two attached hydrogens (primary N) is 1. The van der Waals surface area contributed by atoms with Gasteiger partial charge >= 0.3 is 5.97 Å². The summed E-state index contributed by atoms with van der Waals surface area (Å²) in [6.45, 7) is 2.19. The molecule has 0 atom stereocenters. The maximum atomic E-state index is 12.4. The maximum absolute atomic E-state index is 12.4. The van der Waals surface area contributed by atoms with E-state index in [4.69, 9.17) is 10.5 Å². The minimum atomic E-state index is -3.62. The zero-order chi connectivity index (χ0) is 22.9. The van der Waals surface area contributed by atoms with Crippen LogP contribution in [0, 0.1) is 10.1 Å². The Morgan fingerprint density at radius 2 is 1.97 bits per heavy atom. The van der Waals surface area contributed by atoms with Crippen molar-refractivity contribution < 1.29 is 22.9 Å². The number of benzene rings is 2. The number of carbonyl (C=O) groups excluding carboxylic acids is 1. The molecule has 0 radical (unpaired) electrons. The first-order valence-electron chi connectivity index (χ1n) is 9.19. The summed E-state index contributed by atoms with van der Waals surface area (Å²) in [6, 6.07) is 8.27. The highest BCUT2D eigenvalue weighted by atomic mass is 32.2. The Morgan fingerprint density at radius 3 is 2.58 bits per heavy atom. The van der Waals surface area contributed by atoms with Crippen LogP contribution in [-0.4, -0.2) is 47.3 Å². The first-order valence-corrected chi connectivity index (χ1v) is 10.6. The predicted molar refractivity (Wildman–Crippen MR) is 113 cm³/mol. The molecule has 31 heavy (non-hydrogen) atoms. The summed E-state index contributed by atoms with van der Waals surface area (Å²) in [7, 11) is -0.740. The zero-order valence-electron chi connectivity index (χ0n) is 17.1. The minimum Gasteiger partial charge on any atom is -0.454 e. The molecule has 11 nitrogen and oxygen atoms in total. The molecular weight excluding hydrogens is 426 g/mol. The van der Waals surface area contributed by atoms with E-state index in [0.717, 1.165) is 10.4 Å². The number of nitro groups is 1. The molecule has 0 unspecified atom stereocenters. The van der Waals surface area contributed by atoms with E-state index < -0.39 is 20.9 Å². The third-order valence-corrected chi connectivity index (χ3v) is 6.50. The van der Waals surface area contributed by atoms with Crippen molar-refractivity contribution in [2.75, 3.05) is 19.8 Å². The number of nitrogen functional groups attached to an aromatic ring is 1. The van der Waals surface area contributed by atoms with E-state index in [1.807, 2.05) is 6.92 Å². The maximum Gasteiger partial charge on any atom is 0.338 e. The normalized spacial score (nSPS) is 11.7. The van der Waals surface area contributed by atoms with Crippen LogP contribution in [0.3, 0.4) is 0 Å². The molecule has 12 heteroatoms. The molecule has 1 aromatic heterocycles. The number of rotatable bonds is 7. The summed E-state index contributed by atoms with van der Waals surface area (Å²) in [5.41, 5.74) is 6.22. The molecule has 0 aliphatic carbocycles. The van der Waals surface area contributed by atoms with Crippen molar-refractivity contribution in [3.63, 3.8) is 0 Å². The Hall–Kier alpha value is -3.51. The van der Waals surface area contributed by atoms with Gasteiger partial charge in [0.15, 0.2) is 0 Å². The Balaban J connectivity index is 1.89. The van der Waals surface area contributed by atoms with E-state index in [1.165, 1.54) is 38.4 Å². The fraction of sp³-hybridized carbons (Fsp3) is 0.263. The van der Waals surface area contributed by atoms with Crippen LogP contribution >= 0.6 is 0 Å². The van der Waals surface area contributed by atoms with E-state index in [1.54, 1.807) is 10.6 Å². The summed E-state index contributed by atoms with van der Waals surface area (Å²) < 4.78 is 32.9. The number of aryl methyl sites for hydroxylation is 1. The molecule has 2 aromatic carbocycles. The predicted octanol–water partition coefficient (Wildman–Crippen LogP) is 2.15. The van der Waals surface area contributed by atoms with Crippen molar-refractivity contribution in [1.29, 1.82) is 0 Å². The van der Waals surface area contributed by atoms with E-state index in [-0.39, 0.29) is 28.4 Å². The first-order chi connectivity index (χ1) is 14.6. The van der Waals surface area contributed by atoms with Crippen molar-refractivity contribution in [2.24, 2.45) is 0 Å². The van der Waals surface area contributed by atoms with Gasteiger partial charge in [-0.1, -0.05) is 0 Å². The Labute approximate surface area is 178 Å². The molecule has 3 aromatic rings. The molecule has 0 saturated carbocycles. The fourth-order valence-corrected chi connectivity index (χ4v) is 3.96. The van der Waals surface area contributed by atoms with Gasteiger partial charge in [-0.2, -0.15) is 0 Å². The molecule has 0 saturated heterocycles. The molecule has 3 rings (SSSR count). The van der Waals surface area contributed by atoms with Gasteiger partial charge in [-0.25, -0.2) is 22.5 Å². The topological polar surface area (TPSA) is 151 Å². The lowest BCUT2D eigenvalue weighted by Crippen LogP contribution is -2.22. The van der Waals surface area contributed by atoms with Gasteiger partial charge in [0.2, 0.25) is 10.0 Å². The average molecular weight is 447 g/mol. The lowest BCUT2D eigenvalue weighted by Gasteiger charge is -2.11. The minimum absolute atomic E-state index is 0.0144. The van der Waals surface area contributed by atoms with Crippen LogP contribution in [0.1, 0.15) is 23.1 Å². The lowest BCUT2D eigenvalue weighted by atomic mass is 10.2. The van der Waals surface area contributed by atoms with Crippen LogP contribution in [0.25, 0.3) is 11.0 Å². The average Bonchev–Trinajstić information content (AvgIpc) is 3.08. The monoisotopic (exact) mass is 447 g/mol. The third-order valence-electron chi connectivity index (χ3n) is 4.69. The van der Waals surface area contributed by atoms with Crippen molar-refractivity contribution in [3.8, 4) is 0 Å². The van der Waals surface area contributed by atoms with Gasteiger partial charge in [0, 0.05) is 26.7 Å². The highest BCUT2D eigenvalue weighted by Crippen LogP contribution is 2.24. The van der Waals surface area contributed by atoms with Crippen LogP contribution in [0.4, 0.5) is 11.4 Å². The highest BCUT2D eigenvalue weighted by molar-refractivity contribution is 7.89. The van der Waals surface area contributed by atoms with E-state index >= 15 is 0 Å². The van der Waals surface area contributed by atoms with Crippen LogP contribution in [0.2, 0.25) is 0 Å². The molecule has 0 amide bonds. The number of anilines is 1. The number of esters is 1.